The molecule has 0 spiro atoms. The van der Waals surface area contributed by atoms with Gasteiger partial charge in [-0.1, -0.05) is 13.8 Å². The molecule has 1 saturated carbocycles. The summed E-state index contributed by atoms with van der Waals surface area (Å²) < 4.78 is 37.8. The molecule has 2 atom stereocenters. The number of aliphatic hydroxyl groups is 1. The topological polar surface area (TPSA) is 84.9 Å². The van der Waals surface area contributed by atoms with Gasteiger partial charge in [0, 0.05) is 17.5 Å². The van der Waals surface area contributed by atoms with Crippen LogP contribution in [0.25, 0.3) is 0 Å². The maximum absolute atomic E-state index is 12.5. The SMILES string of the molecule is COc1ccc(S(=O)(=O)NC2CC(O)C2(C)C)c(OC)c1. The molecule has 7 heteroatoms. The molecule has 1 aliphatic carbocycles. The molecule has 6 nitrogen and oxygen atoms in total. The summed E-state index contributed by atoms with van der Waals surface area (Å²) in [5.74, 6) is 0.740. The van der Waals surface area contributed by atoms with Crippen molar-refractivity contribution in [2.24, 2.45) is 5.41 Å². The van der Waals surface area contributed by atoms with E-state index in [-0.39, 0.29) is 16.7 Å². The largest absolute Gasteiger partial charge is 0.497 e. The molecular formula is C14H21NO5S. The Balaban J connectivity index is 2.28. The van der Waals surface area contributed by atoms with Crippen molar-refractivity contribution in [3.8, 4) is 11.5 Å². The number of methoxy groups -OCH3 is 2. The number of aliphatic hydroxyl groups excluding tert-OH is 1. The van der Waals surface area contributed by atoms with Crippen LogP contribution in [0, 0.1) is 5.41 Å². The Labute approximate surface area is 125 Å². The van der Waals surface area contributed by atoms with Crippen LogP contribution in [0.3, 0.4) is 0 Å². The van der Waals surface area contributed by atoms with Crippen molar-refractivity contribution in [3.63, 3.8) is 0 Å². The Morgan fingerprint density at radius 3 is 2.43 bits per heavy atom. The molecule has 0 amide bonds. The van der Waals surface area contributed by atoms with E-state index >= 15 is 0 Å². The summed E-state index contributed by atoms with van der Waals surface area (Å²) in [6.07, 6.45) is -0.0898. The molecule has 0 heterocycles. The van der Waals surface area contributed by atoms with Gasteiger partial charge in [-0.2, -0.15) is 0 Å². The zero-order valence-electron chi connectivity index (χ0n) is 12.6. The van der Waals surface area contributed by atoms with E-state index < -0.39 is 21.5 Å². The average Bonchev–Trinajstić information content (AvgIpc) is 2.46. The monoisotopic (exact) mass is 315 g/mol. The second-order valence-corrected chi connectivity index (χ2v) is 7.45. The average molecular weight is 315 g/mol. The Kier molecular flexibility index (Phi) is 4.19. The van der Waals surface area contributed by atoms with Gasteiger partial charge in [0.1, 0.15) is 16.4 Å². The third-order valence-electron chi connectivity index (χ3n) is 4.17. The summed E-state index contributed by atoms with van der Waals surface area (Å²) in [4.78, 5) is 0.0583. The summed E-state index contributed by atoms with van der Waals surface area (Å²) in [7, 11) is -0.817. The molecule has 2 rings (SSSR count). The predicted octanol–water partition coefficient (Wildman–Crippen LogP) is 1.14. The van der Waals surface area contributed by atoms with Gasteiger partial charge in [-0.05, 0) is 18.6 Å². The van der Waals surface area contributed by atoms with E-state index in [2.05, 4.69) is 4.72 Å². The van der Waals surface area contributed by atoms with Gasteiger partial charge < -0.3 is 14.6 Å². The van der Waals surface area contributed by atoms with E-state index in [0.29, 0.717) is 12.2 Å². The number of rotatable bonds is 5. The van der Waals surface area contributed by atoms with Gasteiger partial charge in [0.05, 0.1) is 20.3 Å². The van der Waals surface area contributed by atoms with Crippen molar-refractivity contribution in [1.82, 2.24) is 4.72 Å². The van der Waals surface area contributed by atoms with Crippen molar-refractivity contribution < 1.29 is 23.0 Å². The zero-order chi connectivity index (χ0) is 15.8. The molecule has 0 saturated heterocycles. The van der Waals surface area contributed by atoms with E-state index in [1.165, 1.54) is 26.4 Å². The highest BCUT2D eigenvalue weighted by Gasteiger charge is 2.49. The van der Waals surface area contributed by atoms with Crippen LogP contribution < -0.4 is 14.2 Å². The first-order chi connectivity index (χ1) is 9.72. The Morgan fingerprint density at radius 2 is 1.95 bits per heavy atom. The van der Waals surface area contributed by atoms with Gasteiger partial charge in [-0.3, -0.25) is 0 Å². The fourth-order valence-corrected chi connectivity index (χ4v) is 3.91. The lowest BCUT2D eigenvalue weighted by Crippen LogP contribution is -2.61. The molecule has 1 aromatic carbocycles. The fraction of sp³-hybridized carbons (Fsp3) is 0.571. The van der Waals surface area contributed by atoms with Crippen molar-refractivity contribution >= 4 is 10.0 Å². The van der Waals surface area contributed by atoms with Gasteiger partial charge >= 0.3 is 0 Å². The second-order valence-electron chi connectivity index (χ2n) is 5.76. The second kappa shape index (κ2) is 5.47. The molecule has 0 aliphatic heterocycles. The third-order valence-corrected chi connectivity index (χ3v) is 5.68. The number of hydrogen-bond donors (Lipinski definition) is 2. The highest BCUT2D eigenvalue weighted by atomic mass is 32.2. The van der Waals surface area contributed by atoms with Crippen LogP contribution in [0.5, 0.6) is 11.5 Å². The first kappa shape index (κ1) is 16.1. The lowest BCUT2D eigenvalue weighted by Gasteiger charge is -2.49. The van der Waals surface area contributed by atoms with Crippen molar-refractivity contribution in [3.05, 3.63) is 18.2 Å². The minimum absolute atomic E-state index is 0.0583. The van der Waals surface area contributed by atoms with Gasteiger partial charge in [0.15, 0.2) is 0 Å². The highest BCUT2D eigenvalue weighted by molar-refractivity contribution is 7.89. The molecule has 1 aliphatic rings. The predicted molar refractivity (Wildman–Crippen MR) is 78.1 cm³/mol. The van der Waals surface area contributed by atoms with Gasteiger partial charge in [0.25, 0.3) is 0 Å². The molecule has 2 unspecified atom stereocenters. The minimum atomic E-state index is -3.72. The van der Waals surface area contributed by atoms with Gasteiger partial charge in [-0.15, -0.1) is 0 Å². The van der Waals surface area contributed by atoms with Crippen LogP contribution in [0.15, 0.2) is 23.1 Å². The smallest absolute Gasteiger partial charge is 0.244 e. The molecule has 2 N–H and O–H groups in total. The van der Waals surface area contributed by atoms with E-state index in [1.807, 2.05) is 13.8 Å². The van der Waals surface area contributed by atoms with E-state index in [9.17, 15) is 13.5 Å². The van der Waals surface area contributed by atoms with E-state index in [1.54, 1.807) is 6.07 Å². The number of ether oxygens (including phenoxy) is 2. The quantitative estimate of drug-likeness (QED) is 0.851. The molecule has 1 aromatic rings. The zero-order valence-corrected chi connectivity index (χ0v) is 13.4. The summed E-state index contributed by atoms with van der Waals surface area (Å²) >= 11 is 0. The minimum Gasteiger partial charge on any atom is -0.497 e. The lowest BCUT2D eigenvalue weighted by molar-refractivity contribution is -0.0645. The normalized spacial score (nSPS) is 24.2. The number of sulfonamides is 1. The Morgan fingerprint density at radius 1 is 1.29 bits per heavy atom. The molecule has 1 fully saturated rings. The highest BCUT2D eigenvalue weighted by Crippen LogP contribution is 2.41. The van der Waals surface area contributed by atoms with E-state index in [4.69, 9.17) is 9.47 Å². The molecule has 21 heavy (non-hydrogen) atoms. The van der Waals surface area contributed by atoms with Gasteiger partial charge in [-0.25, -0.2) is 13.1 Å². The van der Waals surface area contributed by atoms with Crippen LogP contribution in [0.4, 0.5) is 0 Å². The molecule has 118 valence electrons. The third kappa shape index (κ3) is 2.86. The fourth-order valence-electron chi connectivity index (χ4n) is 2.35. The van der Waals surface area contributed by atoms with Crippen LogP contribution >= 0.6 is 0 Å². The first-order valence-electron chi connectivity index (χ1n) is 6.65. The van der Waals surface area contributed by atoms with Crippen LogP contribution in [-0.2, 0) is 10.0 Å². The lowest BCUT2D eigenvalue weighted by atomic mass is 9.65. The van der Waals surface area contributed by atoms with Crippen LogP contribution in [0.1, 0.15) is 20.3 Å². The van der Waals surface area contributed by atoms with Crippen molar-refractivity contribution in [2.75, 3.05) is 14.2 Å². The number of nitrogens with one attached hydrogen (secondary N) is 1. The standard InChI is InChI=1S/C14H21NO5S/c1-14(2)12(8-13(14)16)15-21(17,18)11-6-5-9(19-3)7-10(11)20-4/h5-7,12-13,15-16H,8H2,1-4H3. The Bertz CT molecular complexity index is 626. The van der Waals surface area contributed by atoms with Crippen molar-refractivity contribution in [1.29, 1.82) is 0 Å². The first-order valence-corrected chi connectivity index (χ1v) is 8.13. The van der Waals surface area contributed by atoms with E-state index in [0.717, 1.165) is 0 Å². The summed E-state index contributed by atoms with van der Waals surface area (Å²) in [6.45, 7) is 3.67. The van der Waals surface area contributed by atoms with Crippen LogP contribution in [0.2, 0.25) is 0 Å². The van der Waals surface area contributed by atoms with Crippen molar-refractivity contribution in [2.45, 2.75) is 37.3 Å². The molecular weight excluding hydrogens is 294 g/mol. The molecule has 0 bridgehead atoms. The number of benzene rings is 1. The summed E-state index contributed by atoms with van der Waals surface area (Å²) in [6, 6.07) is 4.24. The summed E-state index contributed by atoms with van der Waals surface area (Å²) in [5, 5.41) is 9.71. The summed E-state index contributed by atoms with van der Waals surface area (Å²) in [5.41, 5.74) is -0.479. The van der Waals surface area contributed by atoms with Crippen LogP contribution in [-0.4, -0.2) is 39.9 Å². The van der Waals surface area contributed by atoms with Gasteiger partial charge in [0.2, 0.25) is 10.0 Å². The Hall–Kier alpha value is -1.31. The maximum atomic E-state index is 12.5. The maximum Gasteiger partial charge on any atom is 0.244 e. The number of hydrogen-bond acceptors (Lipinski definition) is 5. The molecule has 0 aromatic heterocycles. The molecule has 0 radical (unpaired) electrons.